The molecular formula is C39H25N2PS. The molecule has 0 spiro atoms. The lowest BCUT2D eigenvalue weighted by Crippen LogP contribution is -2.25. The number of hydrogen-bond acceptors (Lipinski definition) is 2. The van der Waals surface area contributed by atoms with Gasteiger partial charge in [0.2, 0.25) is 0 Å². The number of nitrogens with zero attached hydrogens (tertiary/aromatic N) is 2. The zero-order valence-corrected chi connectivity index (χ0v) is 24.9. The average Bonchev–Trinajstić information content (AvgIpc) is 3.47. The van der Waals surface area contributed by atoms with Gasteiger partial charge >= 0.3 is 0 Å². The molecule has 0 fully saturated rings. The summed E-state index contributed by atoms with van der Waals surface area (Å²) in [6.07, 6.45) is 0. The summed E-state index contributed by atoms with van der Waals surface area (Å²) < 4.78 is 2.36. The van der Waals surface area contributed by atoms with Crippen LogP contribution in [0.1, 0.15) is 0 Å². The topological polar surface area (TPSA) is 17.3 Å². The summed E-state index contributed by atoms with van der Waals surface area (Å²) in [7, 11) is 0. The Balaban J connectivity index is 1.56. The normalized spacial score (nSPS) is 12.3. The Hall–Kier alpha value is -4.82. The first kappa shape index (κ1) is 24.7. The lowest BCUT2D eigenvalue weighted by Gasteiger charge is -2.27. The molecule has 43 heavy (non-hydrogen) atoms. The molecular weight excluding hydrogens is 559 g/mol. The maximum Gasteiger partial charge on any atom is 0.147 e. The van der Waals surface area contributed by atoms with Gasteiger partial charge in [0.1, 0.15) is 5.65 Å². The second kappa shape index (κ2) is 9.34. The van der Waals surface area contributed by atoms with Crippen LogP contribution < -0.4 is 15.9 Å². The summed E-state index contributed by atoms with van der Waals surface area (Å²) in [6, 6.07) is 52.0. The van der Waals surface area contributed by atoms with Crippen LogP contribution in [0.5, 0.6) is 0 Å². The molecule has 0 atom stereocenters. The maximum atomic E-state index is 6.93. The molecule has 0 N–H and O–H groups in total. The fraction of sp³-hybridized carbons (Fsp3) is 0. The third-order valence-corrected chi connectivity index (χ3v) is 13.7. The van der Waals surface area contributed by atoms with Gasteiger partial charge in [-0.2, -0.15) is 0 Å². The van der Waals surface area contributed by atoms with Crippen molar-refractivity contribution >= 4 is 93.7 Å². The molecule has 0 radical (unpaired) electrons. The van der Waals surface area contributed by atoms with Gasteiger partial charge in [-0.25, -0.2) is 4.98 Å². The Kier molecular flexibility index (Phi) is 5.38. The molecule has 0 saturated carbocycles. The number of aromatic nitrogens is 2. The van der Waals surface area contributed by atoms with Gasteiger partial charge in [0.05, 0.1) is 16.6 Å². The molecule has 0 saturated heterocycles. The third-order valence-electron chi connectivity index (χ3n) is 8.78. The molecule has 9 rings (SSSR count). The minimum Gasteiger partial charge on any atom is -0.292 e. The first-order valence-electron chi connectivity index (χ1n) is 14.5. The third kappa shape index (κ3) is 3.53. The Morgan fingerprint density at radius 1 is 0.488 bits per heavy atom. The number of imidazole rings is 1. The molecule has 0 unspecified atom stereocenters. The lowest BCUT2D eigenvalue weighted by molar-refractivity contribution is 1.32. The summed E-state index contributed by atoms with van der Waals surface area (Å²) in [5.74, 6) is 0. The van der Waals surface area contributed by atoms with Gasteiger partial charge in [-0.05, 0) is 67.9 Å². The van der Waals surface area contributed by atoms with Gasteiger partial charge in [0.15, 0.2) is 0 Å². The molecule has 0 aliphatic carbocycles. The van der Waals surface area contributed by atoms with E-state index in [-0.39, 0.29) is 0 Å². The van der Waals surface area contributed by atoms with Crippen LogP contribution in [0.15, 0.2) is 152 Å². The molecule has 7 aromatic carbocycles. The summed E-state index contributed by atoms with van der Waals surface area (Å²) >= 11 is 6.93. The smallest absolute Gasteiger partial charge is 0.147 e. The van der Waals surface area contributed by atoms with Crippen molar-refractivity contribution in [2.75, 3.05) is 0 Å². The molecule has 4 heteroatoms. The van der Waals surface area contributed by atoms with Gasteiger partial charge in [0, 0.05) is 22.1 Å². The van der Waals surface area contributed by atoms with Crippen LogP contribution in [0.2, 0.25) is 0 Å². The van der Waals surface area contributed by atoms with Crippen LogP contribution in [0.25, 0.3) is 59.9 Å². The van der Waals surface area contributed by atoms with Crippen molar-refractivity contribution < 1.29 is 0 Å². The second-order valence-electron chi connectivity index (χ2n) is 11.1. The Morgan fingerprint density at radius 3 is 1.79 bits per heavy atom. The highest BCUT2D eigenvalue weighted by Crippen LogP contribution is 2.47. The molecule has 202 valence electrons. The molecule has 0 bridgehead atoms. The van der Waals surface area contributed by atoms with Crippen molar-refractivity contribution in [2.24, 2.45) is 0 Å². The van der Waals surface area contributed by atoms with E-state index in [0.717, 1.165) is 22.2 Å². The number of hydrogen-bond donors (Lipinski definition) is 0. The van der Waals surface area contributed by atoms with E-state index in [1.807, 2.05) is 0 Å². The van der Waals surface area contributed by atoms with E-state index in [4.69, 9.17) is 16.8 Å². The van der Waals surface area contributed by atoms with E-state index < -0.39 is 6.04 Å². The zero-order valence-electron chi connectivity index (χ0n) is 23.2. The summed E-state index contributed by atoms with van der Waals surface area (Å²) in [5.41, 5.74) is 4.25. The number of rotatable bonds is 3. The van der Waals surface area contributed by atoms with Crippen LogP contribution >= 0.6 is 6.04 Å². The largest absolute Gasteiger partial charge is 0.292 e. The standard InChI is InChI=1S/C39H25N2PS/c43-42(28-15-3-1-4-16-28,29-17-5-2-6-18-29)37-25-33-32-23-26-13-7-8-14-27(26)24-36(32)41-35-22-12-11-21-34(35)40-39(41)38(33)31-20-10-9-19-30(31)37/h1-25H. The van der Waals surface area contributed by atoms with Gasteiger partial charge in [0.25, 0.3) is 0 Å². The molecule has 2 heterocycles. The van der Waals surface area contributed by atoms with Crippen molar-refractivity contribution in [3.63, 3.8) is 0 Å². The van der Waals surface area contributed by atoms with Gasteiger partial charge in [-0.15, -0.1) is 0 Å². The number of benzene rings is 7. The first-order chi connectivity index (χ1) is 21.2. The Labute approximate surface area is 253 Å². The number of fused-ring (bicyclic) bond motifs is 11. The van der Waals surface area contributed by atoms with Crippen LogP contribution in [0.3, 0.4) is 0 Å². The van der Waals surface area contributed by atoms with Crippen molar-refractivity contribution in [3.05, 3.63) is 152 Å². The SMILES string of the molecule is S=P(c1ccccc1)(c1ccccc1)c1cc2c3cc4ccccc4cc3n3c4ccccc4nc3c2c2ccccc12. The Morgan fingerprint density at radius 2 is 1.07 bits per heavy atom. The quantitative estimate of drug-likeness (QED) is 0.117. The van der Waals surface area contributed by atoms with Crippen molar-refractivity contribution in [2.45, 2.75) is 0 Å². The van der Waals surface area contributed by atoms with E-state index >= 15 is 0 Å². The Bertz CT molecular complexity index is 2540. The number of pyridine rings is 1. The summed E-state index contributed by atoms with van der Waals surface area (Å²) in [5, 5.41) is 12.0. The van der Waals surface area contributed by atoms with Crippen molar-refractivity contribution in [1.29, 1.82) is 0 Å². The van der Waals surface area contributed by atoms with Crippen LogP contribution in [0, 0.1) is 0 Å². The molecule has 0 aliphatic heterocycles. The fourth-order valence-corrected chi connectivity index (χ4v) is 10.9. The van der Waals surface area contributed by atoms with E-state index in [1.165, 1.54) is 53.6 Å². The predicted molar refractivity (Wildman–Crippen MR) is 189 cm³/mol. The monoisotopic (exact) mass is 584 g/mol. The summed E-state index contributed by atoms with van der Waals surface area (Å²) in [6.45, 7) is 0. The van der Waals surface area contributed by atoms with E-state index in [0.29, 0.717) is 0 Å². The molecule has 0 amide bonds. The summed E-state index contributed by atoms with van der Waals surface area (Å²) in [4.78, 5) is 5.28. The maximum absolute atomic E-state index is 6.93. The van der Waals surface area contributed by atoms with Gasteiger partial charge < -0.3 is 0 Å². The van der Waals surface area contributed by atoms with Gasteiger partial charge in [-0.1, -0.05) is 133 Å². The van der Waals surface area contributed by atoms with E-state index in [2.05, 4.69) is 156 Å². The number of para-hydroxylation sites is 2. The van der Waals surface area contributed by atoms with Crippen LogP contribution in [0.4, 0.5) is 0 Å². The molecule has 2 aromatic heterocycles. The average molecular weight is 585 g/mol. The van der Waals surface area contributed by atoms with Gasteiger partial charge in [-0.3, -0.25) is 4.40 Å². The molecule has 9 aromatic rings. The lowest BCUT2D eigenvalue weighted by atomic mass is 9.97. The first-order valence-corrected chi connectivity index (χ1v) is 17.3. The van der Waals surface area contributed by atoms with Crippen molar-refractivity contribution in [3.8, 4) is 0 Å². The highest BCUT2D eigenvalue weighted by Gasteiger charge is 2.28. The highest BCUT2D eigenvalue weighted by atomic mass is 32.4. The fourth-order valence-electron chi connectivity index (χ4n) is 6.84. The van der Waals surface area contributed by atoms with E-state index in [1.54, 1.807) is 0 Å². The van der Waals surface area contributed by atoms with Crippen LogP contribution in [-0.2, 0) is 11.8 Å². The highest BCUT2D eigenvalue weighted by molar-refractivity contribution is 8.25. The predicted octanol–water partition coefficient (Wildman–Crippen LogP) is 8.86. The van der Waals surface area contributed by atoms with Crippen molar-refractivity contribution in [1.82, 2.24) is 9.38 Å². The molecule has 2 nitrogen and oxygen atoms in total. The molecule has 0 aliphatic rings. The van der Waals surface area contributed by atoms with E-state index in [9.17, 15) is 0 Å². The van der Waals surface area contributed by atoms with Crippen LogP contribution in [-0.4, -0.2) is 9.38 Å². The zero-order chi connectivity index (χ0) is 28.5. The minimum absolute atomic E-state index is 0.981. The minimum atomic E-state index is -2.43. The second-order valence-corrected chi connectivity index (χ2v) is 15.5.